The fourth-order valence-corrected chi connectivity index (χ4v) is 2.09. The van der Waals surface area contributed by atoms with Crippen LogP contribution in [0.25, 0.3) is 0 Å². The highest BCUT2D eigenvalue weighted by Crippen LogP contribution is 2.20. The summed E-state index contributed by atoms with van der Waals surface area (Å²) in [6, 6.07) is 5.49. The lowest BCUT2D eigenvalue weighted by Gasteiger charge is -2.09. The summed E-state index contributed by atoms with van der Waals surface area (Å²) in [5.74, 6) is 0.189. The summed E-state index contributed by atoms with van der Waals surface area (Å²) in [5, 5.41) is 3.02. The minimum Gasteiger partial charge on any atom is -0.383 e. The highest BCUT2D eigenvalue weighted by atomic mass is 19.1. The van der Waals surface area contributed by atoms with E-state index in [9.17, 15) is 9.18 Å². The Bertz CT molecular complexity index is 404. The van der Waals surface area contributed by atoms with Gasteiger partial charge in [0.1, 0.15) is 11.6 Å². The van der Waals surface area contributed by atoms with Crippen LogP contribution in [0.3, 0.4) is 0 Å². The van der Waals surface area contributed by atoms with Gasteiger partial charge in [-0.05, 0) is 37.8 Å². The second kappa shape index (κ2) is 8.68. The molecule has 0 aliphatic rings. The van der Waals surface area contributed by atoms with Crippen LogP contribution in [0, 0.1) is 5.82 Å². The molecule has 0 aliphatic carbocycles. The van der Waals surface area contributed by atoms with Gasteiger partial charge in [-0.25, -0.2) is 4.39 Å². The fraction of sp³-hybridized carbons (Fsp3) is 0.562. The molecular weight excluding hydrogens is 241 g/mol. The smallest absolute Gasteiger partial charge is 0.149 e. The fourth-order valence-electron chi connectivity index (χ4n) is 2.09. The van der Waals surface area contributed by atoms with Gasteiger partial charge in [0.05, 0.1) is 5.69 Å². The van der Waals surface area contributed by atoms with Crippen molar-refractivity contribution < 1.29 is 9.18 Å². The number of hydrogen-bond acceptors (Lipinski definition) is 2. The lowest BCUT2D eigenvalue weighted by atomic mass is 10.0. The number of rotatable bonds is 9. The van der Waals surface area contributed by atoms with Gasteiger partial charge >= 0.3 is 0 Å². The molecule has 0 spiro atoms. The Morgan fingerprint density at radius 1 is 1.21 bits per heavy atom. The topological polar surface area (TPSA) is 29.1 Å². The molecule has 1 aromatic carbocycles. The van der Waals surface area contributed by atoms with Gasteiger partial charge in [-0.15, -0.1) is 0 Å². The maximum atomic E-state index is 14.0. The quantitative estimate of drug-likeness (QED) is 0.673. The van der Waals surface area contributed by atoms with Crippen LogP contribution in [-0.4, -0.2) is 12.3 Å². The predicted molar refractivity (Wildman–Crippen MR) is 78.0 cm³/mol. The van der Waals surface area contributed by atoms with E-state index in [1.54, 1.807) is 6.07 Å². The van der Waals surface area contributed by atoms with E-state index in [-0.39, 0.29) is 5.82 Å². The van der Waals surface area contributed by atoms with Crippen LogP contribution in [0.4, 0.5) is 10.1 Å². The van der Waals surface area contributed by atoms with Crippen LogP contribution in [0.2, 0.25) is 0 Å². The van der Waals surface area contributed by atoms with Crippen molar-refractivity contribution in [3.05, 3.63) is 29.6 Å². The number of unbranched alkanes of at least 4 members (excludes halogenated alkanes) is 2. The SMILES string of the molecule is CCNc1cccc(CCCCCC(=O)CC)c1F. The van der Waals surface area contributed by atoms with Crippen LogP contribution in [0.1, 0.15) is 51.5 Å². The third-order valence-electron chi connectivity index (χ3n) is 3.24. The first-order chi connectivity index (χ1) is 9.19. The van der Waals surface area contributed by atoms with Crippen LogP contribution >= 0.6 is 0 Å². The summed E-state index contributed by atoms with van der Waals surface area (Å²) >= 11 is 0. The minimum atomic E-state index is -0.131. The van der Waals surface area contributed by atoms with E-state index in [4.69, 9.17) is 0 Å². The van der Waals surface area contributed by atoms with Crippen molar-refractivity contribution in [1.82, 2.24) is 0 Å². The molecule has 0 aliphatic heterocycles. The maximum Gasteiger partial charge on any atom is 0.149 e. The molecule has 19 heavy (non-hydrogen) atoms. The van der Waals surface area contributed by atoms with Crippen LogP contribution in [0.5, 0.6) is 0 Å². The van der Waals surface area contributed by atoms with Crippen molar-refractivity contribution in [1.29, 1.82) is 0 Å². The number of carbonyl (C=O) groups is 1. The molecule has 0 radical (unpaired) electrons. The molecule has 0 fully saturated rings. The molecule has 2 nitrogen and oxygen atoms in total. The Morgan fingerprint density at radius 2 is 2.00 bits per heavy atom. The van der Waals surface area contributed by atoms with Crippen molar-refractivity contribution in [2.45, 2.75) is 52.4 Å². The van der Waals surface area contributed by atoms with Gasteiger partial charge in [-0.3, -0.25) is 4.79 Å². The molecule has 3 heteroatoms. The van der Waals surface area contributed by atoms with Gasteiger partial charge in [-0.2, -0.15) is 0 Å². The third kappa shape index (κ3) is 5.41. The summed E-state index contributed by atoms with van der Waals surface area (Å²) in [5.41, 5.74) is 1.35. The van der Waals surface area contributed by atoms with Gasteiger partial charge < -0.3 is 5.32 Å². The summed E-state index contributed by atoms with van der Waals surface area (Å²) in [6.07, 6.45) is 4.86. The Balaban J connectivity index is 2.37. The number of aryl methyl sites for hydroxylation is 1. The lowest BCUT2D eigenvalue weighted by Crippen LogP contribution is -2.02. The molecule has 0 unspecified atom stereocenters. The number of halogens is 1. The van der Waals surface area contributed by atoms with Crippen molar-refractivity contribution in [2.75, 3.05) is 11.9 Å². The summed E-state index contributed by atoms with van der Waals surface area (Å²) in [6.45, 7) is 4.57. The second-order valence-corrected chi connectivity index (χ2v) is 4.76. The lowest BCUT2D eigenvalue weighted by molar-refractivity contribution is -0.118. The summed E-state index contributed by atoms with van der Waals surface area (Å²) in [7, 11) is 0. The molecule has 0 atom stereocenters. The molecule has 1 N–H and O–H groups in total. The van der Waals surface area contributed by atoms with E-state index >= 15 is 0 Å². The standard InChI is InChI=1S/C16H24FNO/c1-3-14(19)11-7-5-6-9-13-10-8-12-15(16(13)17)18-4-2/h8,10,12,18H,3-7,9,11H2,1-2H3. The van der Waals surface area contributed by atoms with Gasteiger partial charge in [-0.1, -0.05) is 25.5 Å². The Kier molecular flexibility index (Phi) is 7.16. The molecule has 0 heterocycles. The van der Waals surface area contributed by atoms with Gasteiger partial charge in [0.15, 0.2) is 0 Å². The van der Waals surface area contributed by atoms with Gasteiger partial charge in [0, 0.05) is 19.4 Å². The van der Waals surface area contributed by atoms with E-state index < -0.39 is 0 Å². The van der Waals surface area contributed by atoms with E-state index in [1.165, 1.54) is 0 Å². The first-order valence-electron chi connectivity index (χ1n) is 7.22. The highest BCUT2D eigenvalue weighted by Gasteiger charge is 2.07. The average molecular weight is 265 g/mol. The van der Waals surface area contributed by atoms with E-state index in [0.717, 1.165) is 37.8 Å². The van der Waals surface area contributed by atoms with Crippen LogP contribution in [-0.2, 0) is 11.2 Å². The molecule has 0 aromatic heterocycles. The monoisotopic (exact) mass is 265 g/mol. The molecule has 0 bridgehead atoms. The van der Waals surface area contributed by atoms with Crippen molar-refractivity contribution in [3.8, 4) is 0 Å². The number of carbonyl (C=O) groups excluding carboxylic acids is 1. The van der Waals surface area contributed by atoms with Crippen LogP contribution < -0.4 is 5.32 Å². The van der Waals surface area contributed by atoms with Crippen LogP contribution in [0.15, 0.2) is 18.2 Å². The average Bonchev–Trinajstić information content (AvgIpc) is 2.42. The van der Waals surface area contributed by atoms with E-state index in [2.05, 4.69) is 5.32 Å². The van der Waals surface area contributed by atoms with E-state index in [1.807, 2.05) is 26.0 Å². The number of nitrogens with one attached hydrogen (secondary N) is 1. The number of ketones is 1. The number of benzene rings is 1. The Hall–Kier alpha value is -1.38. The molecule has 1 aromatic rings. The van der Waals surface area contributed by atoms with Gasteiger partial charge in [0.25, 0.3) is 0 Å². The molecule has 0 saturated heterocycles. The number of hydrogen-bond donors (Lipinski definition) is 1. The summed E-state index contributed by atoms with van der Waals surface area (Å²) in [4.78, 5) is 11.1. The first kappa shape index (κ1) is 15.7. The largest absolute Gasteiger partial charge is 0.383 e. The Labute approximate surface area is 115 Å². The van der Waals surface area contributed by atoms with E-state index in [0.29, 0.717) is 24.3 Å². The maximum absolute atomic E-state index is 14.0. The normalized spacial score (nSPS) is 10.5. The first-order valence-corrected chi connectivity index (χ1v) is 7.22. The molecule has 1 rings (SSSR count). The Morgan fingerprint density at radius 3 is 2.68 bits per heavy atom. The van der Waals surface area contributed by atoms with Gasteiger partial charge in [0.2, 0.25) is 0 Å². The molecule has 106 valence electrons. The second-order valence-electron chi connectivity index (χ2n) is 4.76. The zero-order valence-corrected chi connectivity index (χ0v) is 12.0. The number of anilines is 1. The third-order valence-corrected chi connectivity index (χ3v) is 3.24. The van der Waals surface area contributed by atoms with Crippen molar-refractivity contribution in [2.24, 2.45) is 0 Å². The summed E-state index contributed by atoms with van der Waals surface area (Å²) < 4.78 is 14.0. The minimum absolute atomic E-state index is 0.131. The zero-order chi connectivity index (χ0) is 14.1. The molecule has 0 amide bonds. The zero-order valence-electron chi connectivity index (χ0n) is 12.0. The van der Waals surface area contributed by atoms with Crippen molar-refractivity contribution >= 4 is 11.5 Å². The predicted octanol–water partition coefficient (Wildman–Crippen LogP) is 4.34. The molecule has 0 saturated carbocycles. The molecular formula is C16H24FNO. The van der Waals surface area contributed by atoms with Crippen molar-refractivity contribution in [3.63, 3.8) is 0 Å². The number of Topliss-reactive ketones (excluding diaryl/α,β-unsaturated/α-hetero) is 1. The highest BCUT2D eigenvalue weighted by molar-refractivity contribution is 5.77.